The molecule has 0 bridgehead atoms. The van der Waals surface area contributed by atoms with Crippen molar-refractivity contribution in [3.05, 3.63) is 82.9 Å². The number of halogens is 1. The number of nitrogens with zero attached hydrogens (tertiary/aromatic N) is 4. The number of aryl methyl sites for hydroxylation is 3. The molecule has 11 heteroatoms. The molecule has 2 aliphatic heterocycles. The number of piperazine rings is 1. The fraction of sp³-hybridized carbons (Fsp3) is 0.355. The van der Waals surface area contributed by atoms with Crippen LogP contribution in [0.25, 0.3) is 10.2 Å². The number of aromatic nitrogens is 1. The van der Waals surface area contributed by atoms with Gasteiger partial charge >= 0.3 is 0 Å². The summed E-state index contributed by atoms with van der Waals surface area (Å²) in [5, 5.41) is 4.07. The van der Waals surface area contributed by atoms with Gasteiger partial charge in [0, 0.05) is 51.4 Å². The van der Waals surface area contributed by atoms with Crippen molar-refractivity contribution < 1.29 is 13.2 Å². The maximum absolute atomic E-state index is 13.4. The number of amides is 1. The van der Waals surface area contributed by atoms with Crippen molar-refractivity contribution in [2.75, 3.05) is 55.0 Å². The third-order valence-electron chi connectivity index (χ3n) is 8.20. The van der Waals surface area contributed by atoms with Crippen molar-refractivity contribution in [1.29, 1.82) is 0 Å². The van der Waals surface area contributed by atoms with Gasteiger partial charge in [0.1, 0.15) is 0 Å². The van der Waals surface area contributed by atoms with Crippen molar-refractivity contribution in [3.8, 4) is 0 Å². The Morgan fingerprint density at radius 1 is 0.952 bits per heavy atom. The Labute approximate surface area is 257 Å². The Morgan fingerprint density at radius 2 is 1.69 bits per heavy atom. The van der Waals surface area contributed by atoms with Gasteiger partial charge in [0.15, 0.2) is 5.13 Å². The summed E-state index contributed by atoms with van der Waals surface area (Å²) in [6.07, 6.45) is 1.66. The highest BCUT2D eigenvalue weighted by Gasteiger charge is 2.29. The van der Waals surface area contributed by atoms with Gasteiger partial charge in [-0.25, -0.2) is 13.4 Å². The monoisotopic (exact) mass is 625 g/mol. The van der Waals surface area contributed by atoms with Gasteiger partial charge in [-0.15, -0.1) is 12.4 Å². The minimum Gasteiger partial charge on any atom is -0.351 e. The fourth-order valence-corrected chi connectivity index (χ4v) is 8.21. The van der Waals surface area contributed by atoms with Crippen LogP contribution in [0.1, 0.15) is 33.5 Å². The highest BCUT2D eigenvalue weighted by atomic mass is 35.5. The molecule has 222 valence electrons. The van der Waals surface area contributed by atoms with E-state index in [4.69, 9.17) is 4.98 Å². The molecule has 0 saturated carbocycles. The van der Waals surface area contributed by atoms with Crippen LogP contribution in [0.15, 0.2) is 65.6 Å². The number of carbonyl (C=O) groups is 1. The molecule has 1 saturated heterocycles. The molecule has 1 N–H and O–H groups in total. The number of anilines is 2. The van der Waals surface area contributed by atoms with E-state index in [1.165, 1.54) is 32.3 Å². The number of sulfonamides is 1. The Hall–Kier alpha value is -3.18. The van der Waals surface area contributed by atoms with Crippen LogP contribution in [0.5, 0.6) is 0 Å². The molecule has 0 atom stereocenters. The molecule has 3 heterocycles. The van der Waals surface area contributed by atoms with Crippen LogP contribution < -0.4 is 14.5 Å². The standard InChI is InChI=1S/C31H35N5O3S2.ClH/c1-22-9-14-28-29(23(22)2)33-31(40-28)35-20-18-34(19-21-35)17-15-32-30(37)25-10-12-26(13-11-25)41(38,39)36-16-5-7-24-6-3-4-8-27(24)36;/h3-4,6,8-14H,5,7,15-21H2,1-2H3,(H,32,37);1H. The lowest BCUT2D eigenvalue weighted by Crippen LogP contribution is -2.48. The number of thiazole rings is 1. The number of para-hydroxylation sites is 1. The number of benzene rings is 3. The zero-order valence-corrected chi connectivity index (χ0v) is 26.3. The molecule has 0 radical (unpaired) electrons. The average molecular weight is 626 g/mol. The third kappa shape index (κ3) is 5.99. The van der Waals surface area contributed by atoms with E-state index in [0.717, 1.165) is 67.5 Å². The largest absolute Gasteiger partial charge is 0.351 e. The van der Waals surface area contributed by atoms with Crippen molar-refractivity contribution >= 4 is 60.7 Å². The summed E-state index contributed by atoms with van der Waals surface area (Å²) in [7, 11) is -3.70. The zero-order valence-electron chi connectivity index (χ0n) is 23.9. The van der Waals surface area contributed by atoms with Crippen LogP contribution in [0, 0.1) is 13.8 Å². The molecule has 6 rings (SSSR count). The molecule has 42 heavy (non-hydrogen) atoms. The minimum atomic E-state index is -3.70. The molecule has 3 aromatic carbocycles. The van der Waals surface area contributed by atoms with E-state index < -0.39 is 10.0 Å². The number of fused-ring (bicyclic) bond motifs is 2. The minimum absolute atomic E-state index is 0. The van der Waals surface area contributed by atoms with E-state index >= 15 is 0 Å². The molecule has 1 fully saturated rings. The van der Waals surface area contributed by atoms with Crippen LogP contribution in [0.2, 0.25) is 0 Å². The summed E-state index contributed by atoms with van der Waals surface area (Å²) in [6, 6.07) is 18.2. The number of hydrogen-bond acceptors (Lipinski definition) is 7. The maximum atomic E-state index is 13.4. The zero-order chi connectivity index (χ0) is 28.6. The second-order valence-corrected chi connectivity index (χ2v) is 13.6. The Morgan fingerprint density at radius 3 is 2.45 bits per heavy atom. The van der Waals surface area contributed by atoms with E-state index in [0.29, 0.717) is 18.7 Å². The van der Waals surface area contributed by atoms with Crippen LogP contribution in [0.3, 0.4) is 0 Å². The van der Waals surface area contributed by atoms with Crippen molar-refractivity contribution in [2.24, 2.45) is 0 Å². The van der Waals surface area contributed by atoms with Crippen LogP contribution >= 0.6 is 23.7 Å². The molecule has 2 aliphatic rings. The Bertz CT molecular complexity index is 1680. The lowest BCUT2D eigenvalue weighted by molar-refractivity contribution is 0.0947. The summed E-state index contributed by atoms with van der Waals surface area (Å²) in [4.78, 5) is 22.6. The first-order valence-corrected chi connectivity index (χ1v) is 16.4. The second-order valence-electron chi connectivity index (χ2n) is 10.8. The van der Waals surface area contributed by atoms with E-state index in [1.807, 2.05) is 24.3 Å². The molecule has 0 unspecified atom stereocenters. The predicted molar refractivity (Wildman–Crippen MR) is 173 cm³/mol. The molecule has 1 amide bonds. The van der Waals surface area contributed by atoms with E-state index in [9.17, 15) is 13.2 Å². The number of nitrogens with one attached hydrogen (secondary N) is 1. The SMILES string of the molecule is Cc1ccc2sc(N3CCN(CCNC(=O)c4ccc(S(=O)(=O)N5CCCc6ccccc65)cc4)CC3)nc2c1C.Cl. The van der Waals surface area contributed by atoms with Gasteiger partial charge in [-0.2, -0.15) is 0 Å². The first-order chi connectivity index (χ1) is 19.8. The second kappa shape index (κ2) is 12.6. The molecule has 1 aromatic heterocycles. The fourth-order valence-electron chi connectivity index (χ4n) is 5.60. The van der Waals surface area contributed by atoms with Crippen LogP contribution in [-0.2, 0) is 16.4 Å². The predicted octanol–water partition coefficient (Wildman–Crippen LogP) is 5.03. The van der Waals surface area contributed by atoms with E-state index in [1.54, 1.807) is 23.5 Å². The van der Waals surface area contributed by atoms with Gasteiger partial charge in [-0.3, -0.25) is 14.0 Å². The molecule has 0 spiro atoms. The third-order valence-corrected chi connectivity index (χ3v) is 11.1. The lowest BCUT2D eigenvalue weighted by atomic mass is 10.0. The topological polar surface area (TPSA) is 85.8 Å². The van der Waals surface area contributed by atoms with Gasteiger partial charge < -0.3 is 10.2 Å². The number of hydrogen-bond donors (Lipinski definition) is 1. The van der Waals surface area contributed by atoms with E-state index in [-0.39, 0.29) is 23.2 Å². The van der Waals surface area contributed by atoms with Crippen molar-refractivity contribution in [1.82, 2.24) is 15.2 Å². The molecular weight excluding hydrogens is 590 g/mol. The summed E-state index contributed by atoms with van der Waals surface area (Å²) >= 11 is 1.75. The van der Waals surface area contributed by atoms with Gasteiger partial charge in [-0.1, -0.05) is 35.6 Å². The molecular formula is C31H36ClN5O3S2. The molecule has 4 aromatic rings. The van der Waals surface area contributed by atoms with Gasteiger partial charge in [-0.05, 0) is 79.8 Å². The Kier molecular flexibility index (Phi) is 9.08. The summed E-state index contributed by atoms with van der Waals surface area (Å²) in [5.74, 6) is -0.198. The summed E-state index contributed by atoms with van der Waals surface area (Å²) in [6.45, 7) is 9.65. The van der Waals surface area contributed by atoms with Crippen LogP contribution in [-0.4, -0.2) is 70.0 Å². The summed E-state index contributed by atoms with van der Waals surface area (Å²) < 4.78 is 29.5. The van der Waals surface area contributed by atoms with Gasteiger partial charge in [0.05, 0.1) is 20.8 Å². The molecule has 0 aliphatic carbocycles. The van der Waals surface area contributed by atoms with Crippen molar-refractivity contribution in [2.45, 2.75) is 31.6 Å². The molecule has 8 nitrogen and oxygen atoms in total. The first kappa shape index (κ1) is 30.3. The quantitative estimate of drug-likeness (QED) is 0.310. The highest BCUT2D eigenvalue weighted by Crippen LogP contribution is 2.33. The average Bonchev–Trinajstić information content (AvgIpc) is 3.44. The Balaban J connectivity index is 0.00000353. The van der Waals surface area contributed by atoms with E-state index in [2.05, 4.69) is 41.1 Å². The maximum Gasteiger partial charge on any atom is 0.264 e. The number of rotatable bonds is 7. The van der Waals surface area contributed by atoms with Gasteiger partial charge in [0.25, 0.3) is 15.9 Å². The number of carbonyl (C=O) groups excluding carboxylic acids is 1. The smallest absolute Gasteiger partial charge is 0.264 e. The first-order valence-electron chi connectivity index (χ1n) is 14.1. The van der Waals surface area contributed by atoms with Crippen LogP contribution in [0.4, 0.5) is 10.8 Å². The van der Waals surface area contributed by atoms with Crippen molar-refractivity contribution in [3.63, 3.8) is 0 Å². The lowest BCUT2D eigenvalue weighted by Gasteiger charge is -2.34. The van der Waals surface area contributed by atoms with Gasteiger partial charge in [0.2, 0.25) is 0 Å². The normalized spacial score (nSPS) is 15.8. The highest BCUT2D eigenvalue weighted by molar-refractivity contribution is 7.92. The summed E-state index contributed by atoms with van der Waals surface area (Å²) in [5.41, 5.74) is 5.87.